The van der Waals surface area contributed by atoms with Crippen LogP contribution in [0.5, 0.6) is 11.5 Å². The minimum Gasteiger partial charge on any atom is -0.480 e. The Labute approximate surface area is 115 Å². The van der Waals surface area contributed by atoms with Gasteiger partial charge in [-0.15, -0.1) is 4.20 Å². The zero-order valence-electron chi connectivity index (χ0n) is 10.2. The molecule has 3 nitrogen and oxygen atoms in total. The lowest BCUT2D eigenvalue weighted by molar-refractivity contribution is 0.357. The van der Waals surface area contributed by atoms with Crippen LogP contribution in [0.4, 0.5) is 4.20 Å². The molecule has 0 heterocycles. The van der Waals surface area contributed by atoms with Gasteiger partial charge in [0, 0.05) is 7.11 Å². The molecule has 0 amide bonds. The maximum atomic E-state index is 12.9. The Kier molecular flexibility index (Phi) is 5.09. The third-order valence-electron chi connectivity index (χ3n) is 2.50. The zero-order chi connectivity index (χ0) is 13.7. The second-order valence-corrected chi connectivity index (χ2v) is 4.86. The van der Waals surface area contributed by atoms with Gasteiger partial charge in [0.25, 0.3) is 0 Å². The Morgan fingerprint density at radius 3 is 1.79 bits per heavy atom. The molecule has 0 aliphatic rings. The fourth-order valence-electron chi connectivity index (χ4n) is 1.55. The highest BCUT2D eigenvalue weighted by atomic mass is 31.2. The Hall–Kier alpha value is -1.21. The molecule has 100 valence electrons. The summed E-state index contributed by atoms with van der Waals surface area (Å²) < 4.78 is 27.4. The van der Waals surface area contributed by atoms with E-state index in [1.165, 1.54) is 7.11 Å². The van der Waals surface area contributed by atoms with Gasteiger partial charge in [-0.2, -0.15) is 0 Å². The van der Waals surface area contributed by atoms with E-state index in [-0.39, 0.29) is 0 Å². The molecule has 0 aliphatic heterocycles. The summed E-state index contributed by atoms with van der Waals surface area (Å²) in [5, 5.41) is 0. The van der Waals surface area contributed by atoms with E-state index in [0.29, 0.717) is 5.75 Å². The van der Waals surface area contributed by atoms with Crippen LogP contribution in [0.3, 0.4) is 0 Å². The van der Waals surface area contributed by atoms with E-state index in [0.717, 1.165) is 16.9 Å². The smallest absolute Gasteiger partial charge is 0.438 e. The summed E-state index contributed by atoms with van der Waals surface area (Å²) in [6, 6.07) is 14.8. The molecule has 2 aromatic rings. The fourth-order valence-corrected chi connectivity index (χ4v) is 2.07. The maximum Gasteiger partial charge on any atom is 0.438 e. The molecule has 0 saturated heterocycles. The normalized spacial score (nSPS) is 11.9. The van der Waals surface area contributed by atoms with Crippen LogP contribution in [0, 0.1) is 0 Å². The van der Waals surface area contributed by atoms with Crippen molar-refractivity contribution < 1.29 is 17.8 Å². The lowest BCUT2D eigenvalue weighted by Gasteiger charge is -2.08. The molecule has 0 radical (unpaired) electrons. The summed E-state index contributed by atoms with van der Waals surface area (Å²) in [5.41, 5.74) is 2.06. The molecule has 19 heavy (non-hydrogen) atoms. The first-order valence-corrected chi connectivity index (χ1v) is 7.02. The highest BCUT2D eigenvalue weighted by molar-refractivity contribution is 7.41. The third kappa shape index (κ3) is 3.87. The van der Waals surface area contributed by atoms with Crippen molar-refractivity contribution in [2.75, 3.05) is 7.11 Å². The van der Waals surface area contributed by atoms with Crippen molar-refractivity contribution >= 4 is 18.2 Å². The SMILES string of the molecule is COP(F)Oc1ccc(-c2ccc(OP)cc2)cc1. The van der Waals surface area contributed by atoms with Crippen molar-refractivity contribution in [2.24, 2.45) is 0 Å². The Morgan fingerprint density at radius 2 is 1.37 bits per heavy atom. The van der Waals surface area contributed by atoms with Crippen molar-refractivity contribution in [1.29, 1.82) is 0 Å². The molecular formula is C13H13FO3P2. The largest absolute Gasteiger partial charge is 0.480 e. The highest BCUT2D eigenvalue weighted by Crippen LogP contribution is 2.40. The quantitative estimate of drug-likeness (QED) is 0.746. The van der Waals surface area contributed by atoms with Gasteiger partial charge in [0.15, 0.2) is 0 Å². The van der Waals surface area contributed by atoms with Crippen LogP contribution in [0.25, 0.3) is 11.1 Å². The standard InChI is InChI=1S/C13H13FO3P2/c1-15-19(14)17-13-8-4-11(5-9-13)10-2-6-12(16-18)7-3-10/h2-9H,18H2,1H3. The Morgan fingerprint density at radius 1 is 0.895 bits per heavy atom. The van der Waals surface area contributed by atoms with Gasteiger partial charge in [0.05, 0.1) is 9.47 Å². The van der Waals surface area contributed by atoms with Crippen LogP contribution in [0.1, 0.15) is 0 Å². The number of hydrogen-bond acceptors (Lipinski definition) is 3. The minimum atomic E-state index is -2.34. The summed E-state index contributed by atoms with van der Waals surface area (Å²) in [6.07, 6.45) is 0. The predicted molar refractivity (Wildman–Crippen MR) is 77.9 cm³/mol. The van der Waals surface area contributed by atoms with Gasteiger partial charge in [-0.25, -0.2) is 0 Å². The molecule has 2 aromatic carbocycles. The van der Waals surface area contributed by atoms with Crippen LogP contribution in [0.2, 0.25) is 0 Å². The Bertz CT molecular complexity index is 516. The van der Waals surface area contributed by atoms with Crippen molar-refractivity contribution in [3.05, 3.63) is 48.5 Å². The van der Waals surface area contributed by atoms with Crippen molar-refractivity contribution in [2.45, 2.75) is 0 Å². The van der Waals surface area contributed by atoms with Crippen LogP contribution in [0.15, 0.2) is 48.5 Å². The molecule has 0 bridgehead atoms. The van der Waals surface area contributed by atoms with E-state index < -0.39 is 8.69 Å². The first-order valence-electron chi connectivity index (χ1n) is 5.48. The molecule has 0 aromatic heterocycles. The molecule has 0 fully saturated rings. The first-order chi connectivity index (χ1) is 9.22. The van der Waals surface area contributed by atoms with Gasteiger partial charge in [-0.1, -0.05) is 24.3 Å². The van der Waals surface area contributed by atoms with Gasteiger partial charge < -0.3 is 13.6 Å². The monoisotopic (exact) mass is 298 g/mol. The topological polar surface area (TPSA) is 27.7 Å². The third-order valence-corrected chi connectivity index (χ3v) is 3.41. The van der Waals surface area contributed by atoms with Gasteiger partial charge in [-0.05, 0) is 35.4 Å². The molecule has 2 atom stereocenters. The summed E-state index contributed by atoms with van der Waals surface area (Å²) in [6.45, 7) is 0. The van der Waals surface area contributed by atoms with E-state index in [1.807, 2.05) is 36.4 Å². The van der Waals surface area contributed by atoms with E-state index in [2.05, 4.69) is 14.0 Å². The molecule has 6 heteroatoms. The van der Waals surface area contributed by atoms with Gasteiger partial charge in [0.2, 0.25) is 0 Å². The molecule has 0 saturated carbocycles. The molecule has 0 spiro atoms. The molecule has 0 N–H and O–H groups in total. The molecule has 0 aliphatic carbocycles. The second-order valence-electron chi connectivity index (χ2n) is 3.65. The maximum absolute atomic E-state index is 12.9. The van der Waals surface area contributed by atoms with Crippen molar-refractivity contribution in [3.8, 4) is 22.6 Å². The highest BCUT2D eigenvalue weighted by Gasteiger charge is 2.08. The van der Waals surface area contributed by atoms with E-state index in [4.69, 9.17) is 9.05 Å². The lowest BCUT2D eigenvalue weighted by Crippen LogP contribution is -1.85. The number of rotatable bonds is 5. The number of benzene rings is 2. The lowest BCUT2D eigenvalue weighted by atomic mass is 10.1. The molecular weight excluding hydrogens is 285 g/mol. The molecule has 2 rings (SSSR count). The summed E-state index contributed by atoms with van der Waals surface area (Å²) in [4.78, 5) is 0. The van der Waals surface area contributed by atoms with Gasteiger partial charge in [0.1, 0.15) is 11.5 Å². The number of halogens is 1. The van der Waals surface area contributed by atoms with Crippen molar-refractivity contribution in [3.63, 3.8) is 0 Å². The van der Waals surface area contributed by atoms with Gasteiger partial charge in [-0.3, -0.25) is 0 Å². The second kappa shape index (κ2) is 6.81. The van der Waals surface area contributed by atoms with Crippen LogP contribution < -0.4 is 9.05 Å². The fraction of sp³-hybridized carbons (Fsp3) is 0.0769. The first kappa shape index (κ1) is 14.2. The van der Waals surface area contributed by atoms with Crippen molar-refractivity contribution in [1.82, 2.24) is 0 Å². The number of hydrogen-bond donors (Lipinski definition) is 0. The van der Waals surface area contributed by atoms with E-state index >= 15 is 0 Å². The average Bonchev–Trinajstić information content (AvgIpc) is 2.48. The van der Waals surface area contributed by atoms with Crippen LogP contribution in [-0.2, 0) is 4.52 Å². The minimum absolute atomic E-state index is 0.448. The van der Waals surface area contributed by atoms with Crippen LogP contribution >= 0.6 is 18.2 Å². The Balaban J connectivity index is 2.12. The van der Waals surface area contributed by atoms with E-state index in [1.54, 1.807) is 12.1 Å². The van der Waals surface area contributed by atoms with Gasteiger partial charge >= 0.3 is 8.69 Å². The summed E-state index contributed by atoms with van der Waals surface area (Å²) in [5.74, 6) is 1.22. The summed E-state index contributed by atoms with van der Waals surface area (Å²) >= 11 is 0. The zero-order valence-corrected chi connectivity index (χ0v) is 12.3. The summed E-state index contributed by atoms with van der Waals surface area (Å²) in [7, 11) is 1.13. The van der Waals surface area contributed by atoms with E-state index in [9.17, 15) is 4.20 Å². The van der Waals surface area contributed by atoms with Crippen LogP contribution in [-0.4, -0.2) is 7.11 Å². The molecule has 2 unspecified atom stereocenters. The average molecular weight is 298 g/mol. The predicted octanol–water partition coefficient (Wildman–Crippen LogP) is 4.74.